The lowest BCUT2D eigenvalue weighted by Gasteiger charge is -2.23. The predicted octanol–water partition coefficient (Wildman–Crippen LogP) is 2.79. The summed E-state index contributed by atoms with van der Waals surface area (Å²) in [6, 6.07) is 8.87. The van der Waals surface area contributed by atoms with Crippen LogP contribution < -0.4 is 36.1 Å². The Morgan fingerprint density at radius 3 is 2.05 bits per heavy atom. The molecule has 2 aromatic carbocycles. The van der Waals surface area contributed by atoms with Crippen molar-refractivity contribution in [1.82, 2.24) is 21.3 Å². The Labute approximate surface area is 244 Å². The standard InChI is InChI=1S/C29H39N5O8/c1-6-23(25(35)27(37)30-16-19-12-21(41-4)14-22(13-19)42-5)33-26(36)24(10-17(2)3)34-28(38)31-15-18-8-7-9-20(11-18)32-29(39)40/h7-9,11-14,17,23-24,32H,6,10,15-16H2,1-5H3,(H,30,37)(H,33,36)(H,39,40)(H2,31,34,38)/t23?,24-/m0/s1. The van der Waals surface area contributed by atoms with Crippen LogP contribution in [0.2, 0.25) is 0 Å². The van der Waals surface area contributed by atoms with Crippen LogP contribution >= 0.6 is 0 Å². The molecule has 0 saturated carbocycles. The largest absolute Gasteiger partial charge is 0.497 e. The number of Topliss-reactive ketones (excluding diaryl/α,β-unsaturated/α-hetero) is 1. The highest BCUT2D eigenvalue weighted by molar-refractivity contribution is 6.38. The number of hydrogen-bond acceptors (Lipinski definition) is 7. The minimum atomic E-state index is -1.21. The van der Waals surface area contributed by atoms with Gasteiger partial charge in [-0.05, 0) is 54.2 Å². The monoisotopic (exact) mass is 585 g/mol. The van der Waals surface area contributed by atoms with Gasteiger partial charge in [0.05, 0.1) is 20.3 Å². The molecule has 0 aliphatic carbocycles. The fraction of sp³-hybridized carbons (Fsp3) is 0.414. The number of carbonyl (C=O) groups is 5. The fourth-order valence-electron chi connectivity index (χ4n) is 4.00. The first-order valence-electron chi connectivity index (χ1n) is 13.4. The van der Waals surface area contributed by atoms with Gasteiger partial charge in [-0.1, -0.05) is 32.9 Å². The number of methoxy groups -OCH3 is 2. The number of carbonyl (C=O) groups excluding carboxylic acids is 4. The highest BCUT2D eigenvalue weighted by atomic mass is 16.5. The van der Waals surface area contributed by atoms with Crippen molar-refractivity contribution in [3.8, 4) is 11.5 Å². The van der Waals surface area contributed by atoms with E-state index in [1.165, 1.54) is 14.2 Å². The van der Waals surface area contributed by atoms with Crippen molar-refractivity contribution >= 4 is 35.4 Å². The summed E-state index contributed by atoms with van der Waals surface area (Å²) in [5.74, 6) is -1.20. The van der Waals surface area contributed by atoms with E-state index in [1.54, 1.807) is 49.4 Å². The smallest absolute Gasteiger partial charge is 0.409 e. The number of benzene rings is 2. The number of anilines is 1. The van der Waals surface area contributed by atoms with Gasteiger partial charge in [-0.15, -0.1) is 0 Å². The quantitative estimate of drug-likeness (QED) is 0.172. The second kappa shape index (κ2) is 16.5. The van der Waals surface area contributed by atoms with Crippen LogP contribution in [0.3, 0.4) is 0 Å². The number of hydrogen-bond donors (Lipinski definition) is 6. The molecular formula is C29H39N5O8. The Bertz CT molecular complexity index is 1240. The molecule has 0 spiro atoms. The maximum absolute atomic E-state index is 13.1. The second-order valence-electron chi connectivity index (χ2n) is 9.88. The molecule has 2 aromatic rings. The SMILES string of the molecule is CCC(NC(=O)[C@H](CC(C)C)NC(=O)NCc1cccc(NC(=O)O)c1)C(=O)C(=O)NCc1cc(OC)cc(OC)c1. The Morgan fingerprint density at radius 2 is 1.48 bits per heavy atom. The van der Waals surface area contributed by atoms with Gasteiger partial charge in [-0.2, -0.15) is 0 Å². The van der Waals surface area contributed by atoms with E-state index in [-0.39, 0.29) is 31.8 Å². The van der Waals surface area contributed by atoms with Crippen LogP contribution in [0.1, 0.15) is 44.7 Å². The van der Waals surface area contributed by atoms with Gasteiger partial charge in [0, 0.05) is 24.8 Å². The number of carboxylic acid groups (broad SMARTS) is 1. The minimum Gasteiger partial charge on any atom is -0.497 e. The van der Waals surface area contributed by atoms with Crippen LogP contribution in [0.15, 0.2) is 42.5 Å². The van der Waals surface area contributed by atoms with E-state index in [0.29, 0.717) is 28.3 Å². The van der Waals surface area contributed by atoms with Crippen molar-refractivity contribution in [2.75, 3.05) is 19.5 Å². The van der Waals surface area contributed by atoms with Crippen molar-refractivity contribution in [3.63, 3.8) is 0 Å². The zero-order chi connectivity index (χ0) is 31.2. The van der Waals surface area contributed by atoms with E-state index in [1.807, 2.05) is 13.8 Å². The minimum absolute atomic E-state index is 0.0266. The van der Waals surface area contributed by atoms with Crippen LogP contribution in [0.5, 0.6) is 11.5 Å². The van der Waals surface area contributed by atoms with Gasteiger partial charge in [0.15, 0.2) is 0 Å². The van der Waals surface area contributed by atoms with Gasteiger partial charge < -0.3 is 35.8 Å². The molecule has 0 saturated heterocycles. The molecule has 0 radical (unpaired) electrons. The summed E-state index contributed by atoms with van der Waals surface area (Å²) >= 11 is 0. The average Bonchev–Trinajstić information content (AvgIpc) is 2.96. The third kappa shape index (κ3) is 11.0. The summed E-state index contributed by atoms with van der Waals surface area (Å²) in [4.78, 5) is 62.1. The Balaban J connectivity index is 1.99. The summed E-state index contributed by atoms with van der Waals surface area (Å²) in [5.41, 5.74) is 1.64. The normalized spacial score (nSPS) is 12.0. The molecular weight excluding hydrogens is 546 g/mol. The number of rotatable bonds is 15. The number of amides is 5. The number of urea groups is 1. The fourth-order valence-corrected chi connectivity index (χ4v) is 4.00. The summed E-state index contributed by atoms with van der Waals surface area (Å²) in [6.07, 6.45) is -0.766. The van der Waals surface area contributed by atoms with Gasteiger partial charge in [-0.25, -0.2) is 9.59 Å². The van der Waals surface area contributed by atoms with E-state index in [9.17, 15) is 24.0 Å². The van der Waals surface area contributed by atoms with E-state index < -0.39 is 41.8 Å². The summed E-state index contributed by atoms with van der Waals surface area (Å²) in [6.45, 7) is 5.53. The molecule has 6 N–H and O–H groups in total. The van der Waals surface area contributed by atoms with Gasteiger partial charge in [0.25, 0.3) is 5.91 Å². The van der Waals surface area contributed by atoms with Crippen molar-refractivity contribution < 1.29 is 38.6 Å². The Hall–Kier alpha value is -4.81. The van der Waals surface area contributed by atoms with Crippen molar-refractivity contribution in [3.05, 3.63) is 53.6 Å². The topological polar surface area (TPSA) is 184 Å². The molecule has 0 bridgehead atoms. The van der Waals surface area contributed by atoms with E-state index in [0.717, 1.165) is 0 Å². The molecule has 13 nitrogen and oxygen atoms in total. The van der Waals surface area contributed by atoms with Crippen LogP contribution in [0.4, 0.5) is 15.3 Å². The van der Waals surface area contributed by atoms with E-state index >= 15 is 0 Å². The van der Waals surface area contributed by atoms with Gasteiger partial charge in [0.2, 0.25) is 11.7 Å². The predicted molar refractivity (Wildman–Crippen MR) is 155 cm³/mol. The number of ether oxygens (including phenoxy) is 2. The van der Waals surface area contributed by atoms with Gasteiger partial charge in [0.1, 0.15) is 17.5 Å². The van der Waals surface area contributed by atoms with Crippen molar-refractivity contribution in [1.29, 1.82) is 0 Å². The third-order valence-electron chi connectivity index (χ3n) is 6.09. The number of nitrogens with one attached hydrogen (secondary N) is 5. The van der Waals surface area contributed by atoms with Crippen molar-refractivity contribution in [2.45, 2.75) is 58.8 Å². The van der Waals surface area contributed by atoms with E-state index in [4.69, 9.17) is 14.6 Å². The zero-order valence-electron chi connectivity index (χ0n) is 24.4. The third-order valence-corrected chi connectivity index (χ3v) is 6.09. The molecule has 2 rings (SSSR count). The highest BCUT2D eigenvalue weighted by Gasteiger charge is 2.29. The number of ketones is 1. The molecule has 1 unspecified atom stereocenters. The Morgan fingerprint density at radius 1 is 0.833 bits per heavy atom. The lowest BCUT2D eigenvalue weighted by molar-refractivity contribution is -0.140. The first kappa shape index (κ1) is 33.4. The summed E-state index contributed by atoms with van der Waals surface area (Å²) < 4.78 is 10.4. The van der Waals surface area contributed by atoms with E-state index in [2.05, 4.69) is 26.6 Å². The molecule has 42 heavy (non-hydrogen) atoms. The molecule has 0 aliphatic heterocycles. The van der Waals surface area contributed by atoms with Crippen LogP contribution in [-0.4, -0.2) is 61.1 Å². The molecule has 0 aliphatic rings. The molecule has 5 amide bonds. The van der Waals surface area contributed by atoms with Crippen LogP contribution in [-0.2, 0) is 27.5 Å². The second-order valence-corrected chi connectivity index (χ2v) is 9.88. The maximum Gasteiger partial charge on any atom is 0.409 e. The molecule has 0 fully saturated rings. The van der Waals surface area contributed by atoms with Gasteiger partial charge in [-0.3, -0.25) is 19.7 Å². The highest BCUT2D eigenvalue weighted by Crippen LogP contribution is 2.22. The Kier molecular flexibility index (Phi) is 13.1. The molecule has 0 heterocycles. The zero-order valence-corrected chi connectivity index (χ0v) is 24.4. The molecule has 228 valence electrons. The van der Waals surface area contributed by atoms with Crippen molar-refractivity contribution in [2.24, 2.45) is 5.92 Å². The maximum atomic E-state index is 13.1. The summed E-state index contributed by atoms with van der Waals surface area (Å²) in [7, 11) is 3.00. The lowest BCUT2D eigenvalue weighted by Crippen LogP contribution is -2.55. The van der Waals surface area contributed by atoms with Crippen LogP contribution in [0.25, 0.3) is 0 Å². The average molecular weight is 586 g/mol. The molecule has 13 heteroatoms. The summed E-state index contributed by atoms with van der Waals surface area (Å²) in [5, 5.41) is 21.5. The first-order chi connectivity index (χ1) is 19.9. The molecule has 2 atom stereocenters. The lowest BCUT2D eigenvalue weighted by atomic mass is 10.0. The van der Waals surface area contributed by atoms with Crippen LogP contribution in [0, 0.1) is 5.92 Å². The first-order valence-corrected chi connectivity index (χ1v) is 13.4. The molecule has 0 aromatic heterocycles. The van der Waals surface area contributed by atoms with Gasteiger partial charge >= 0.3 is 12.1 Å².